The molecule has 4 unspecified atom stereocenters. The third-order valence-electron chi connectivity index (χ3n) is 9.22. The van der Waals surface area contributed by atoms with Crippen LogP contribution in [0.3, 0.4) is 0 Å². The van der Waals surface area contributed by atoms with Crippen LogP contribution in [0.2, 0.25) is 0 Å². The van der Waals surface area contributed by atoms with Crippen LogP contribution in [-0.4, -0.2) is 11.2 Å². The Labute approximate surface area is 161 Å². The third-order valence-corrected chi connectivity index (χ3v) is 9.22. The lowest BCUT2D eigenvalue weighted by atomic mass is 9.47. The lowest BCUT2D eigenvalue weighted by Gasteiger charge is -2.58. The van der Waals surface area contributed by atoms with E-state index < -0.39 is 0 Å². The van der Waals surface area contributed by atoms with Crippen molar-refractivity contribution in [3.63, 3.8) is 0 Å². The molecule has 4 aliphatic rings. The van der Waals surface area contributed by atoms with Crippen LogP contribution in [0.4, 0.5) is 0 Å². The number of rotatable bonds is 2. The van der Waals surface area contributed by atoms with Crippen molar-refractivity contribution >= 4 is 0 Å². The summed E-state index contributed by atoms with van der Waals surface area (Å²) < 4.78 is 0. The average Bonchev–Trinajstić information content (AvgIpc) is 2.92. The Bertz CT molecular complexity index is 614. The second kappa shape index (κ2) is 6.50. The minimum absolute atomic E-state index is 0.0839. The molecule has 4 aliphatic carbocycles. The summed E-state index contributed by atoms with van der Waals surface area (Å²) in [5, 5.41) is 10.2. The highest BCUT2D eigenvalue weighted by molar-refractivity contribution is 5.26. The van der Waals surface area contributed by atoms with Crippen LogP contribution >= 0.6 is 0 Å². The third kappa shape index (κ3) is 2.76. The van der Waals surface area contributed by atoms with Gasteiger partial charge in [0.25, 0.3) is 0 Å². The molecular weight excluding hydrogens is 316 g/mol. The molecule has 0 bridgehead atoms. The van der Waals surface area contributed by atoms with Crippen LogP contribution in [-0.2, 0) is 0 Å². The van der Waals surface area contributed by atoms with Crippen molar-refractivity contribution in [1.82, 2.24) is 0 Å². The fraction of sp³-hybridized carbons (Fsp3) is 0.840. The first-order valence-corrected chi connectivity index (χ1v) is 11.3. The Kier molecular flexibility index (Phi) is 4.70. The maximum Gasteiger partial charge on any atom is 0.0577 e. The summed E-state index contributed by atoms with van der Waals surface area (Å²) in [6.07, 6.45) is 15.1. The molecule has 0 heterocycles. The van der Waals surface area contributed by atoms with E-state index in [2.05, 4.69) is 46.8 Å². The predicted octanol–water partition coefficient (Wildman–Crippen LogP) is 6.53. The molecule has 0 aromatic rings. The molecule has 3 saturated carbocycles. The van der Waals surface area contributed by atoms with Crippen LogP contribution in [0, 0.1) is 40.4 Å². The van der Waals surface area contributed by atoms with Crippen molar-refractivity contribution in [2.24, 2.45) is 40.4 Å². The molecule has 0 radical (unpaired) electrons. The summed E-state index contributed by atoms with van der Waals surface area (Å²) in [7, 11) is 0. The van der Waals surface area contributed by atoms with Gasteiger partial charge in [0.05, 0.1) is 6.10 Å². The van der Waals surface area contributed by atoms with Crippen molar-refractivity contribution in [1.29, 1.82) is 0 Å². The molecule has 146 valence electrons. The van der Waals surface area contributed by atoms with Gasteiger partial charge >= 0.3 is 0 Å². The SMILES string of the molecule is C/C(=C\C(C)C)C1CCC2C3CC=C4C[C@@H](O)CC[C@]4(C)C3CC[C@]12C. The van der Waals surface area contributed by atoms with E-state index in [9.17, 15) is 5.11 Å². The highest BCUT2D eigenvalue weighted by Crippen LogP contribution is 2.67. The molecule has 0 aromatic carbocycles. The molecule has 1 N–H and O–H groups in total. The Hall–Kier alpha value is -0.560. The molecule has 26 heavy (non-hydrogen) atoms. The second-order valence-corrected chi connectivity index (χ2v) is 11.0. The van der Waals surface area contributed by atoms with Gasteiger partial charge in [-0.3, -0.25) is 0 Å². The number of hydrogen-bond acceptors (Lipinski definition) is 1. The van der Waals surface area contributed by atoms with Gasteiger partial charge in [-0.2, -0.15) is 0 Å². The van der Waals surface area contributed by atoms with Crippen LogP contribution in [0.15, 0.2) is 23.3 Å². The fourth-order valence-electron chi connectivity index (χ4n) is 8.03. The first-order chi connectivity index (χ1) is 12.3. The van der Waals surface area contributed by atoms with Crippen LogP contribution < -0.4 is 0 Å². The minimum atomic E-state index is -0.0839. The zero-order chi connectivity index (χ0) is 18.7. The van der Waals surface area contributed by atoms with E-state index in [1.165, 1.54) is 38.5 Å². The molecule has 0 amide bonds. The zero-order valence-corrected chi connectivity index (χ0v) is 17.7. The van der Waals surface area contributed by atoms with Crippen LogP contribution in [0.1, 0.15) is 86.0 Å². The van der Waals surface area contributed by atoms with E-state index in [1.54, 1.807) is 11.1 Å². The summed E-state index contributed by atoms with van der Waals surface area (Å²) in [5.41, 5.74) is 4.17. The Morgan fingerprint density at radius 1 is 1.12 bits per heavy atom. The Balaban J connectivity index is 1.62. The summed E-state index contributed by atoms with van der Waals surface area (Å²) in [5.74, 6) is 4.13. The molecule has 7 atom stereocenters. The zero-order valence-electron chi connectivity index (χ0n) is 17.7. The summed E-state index contributed by atoms with van der Waals surface area (Å²) in [4.78, 5) is 0. The van der Waals surface area contributed by atoms with E-state index in [-0.39, 0.29) is 6.10 Å². The molecule has 0 saturated heterocycles. The van der Waals surface area contributed by atoms with Gasteiger partial charge < -0.3 is 5.11 Å². The maximum atomic E-state index is 10.2. The molecule has 4 rings (SSSR count). The van der Waals surface area contributed by atoms with Gasteiger partial charge in [-0.05, 0) is 98.7 Å². The Morgan fingerprint density at radius 2 is 1.88 bits per heavy atom. The van der Waals surface area contributed by atoms with Gasteiger partial charge in [0.2, 0.25) is 0 Å². The van der Waals surface area contributed by atoms with Crippen molar-refractivity contribution in [2.75, 3.05) is 0 Å². The van der Waals surface area contributed by atoms with Gasteiger partial charge in [0.1, 0.15) is 0 Å². The van der Waals surface area contributed by atoms with Gasteiger partial charge in [-0.1, -0.05) is 51.0 Å². The summed E-state index contributed by atoms with van der Waals surface area (Å²) in [6.45, 7) is 12.2. The molecular formula is C25H40O. The van der Waals surface area contributed by atoms with Gasteiger partial charge in [0, 0.05) is 0 Å². The molecule has 0 spiro atoms. The second-order valence-electron chi connectivity index (χ2n) is 11.0. The van der Waals surface area contributed by atoms with E-state index in [0.717, 1.165) is 36.5 Å². The van der Waals surface area contributed by atoms with Gasteiger partial charge in [-0.25, -0.2) is 0 Å². The number of aliphatic hydroxyl groups excluding tert-OH is 1. The molecule has 0 aliphatic heterocycles. The average molecular weight is 357 g/mol. The fourth-order valence-corrected chi connectivity index (χ4v) is 8.03. The highest BCUT2D eigenvalue weighted by atomic mass is 16.3. The lowest BCUT2D eigenvalue weighted by Crippen LogP contribution is -2.50. The standard InChI is InChI=1S/C25H40O/c1-16(2)14-17(3)21-8-9-22-20-7-6-18-15-19(26)10-12-24(18,4)23(20)11-13-25(21,22)5/h6,14,16,19-23,26H,7-13,15H2,1-5H3/b17-14+/t19-,20?,21?,22?,23?,24-,25+/m0/s1. The topological polar surface area (TPSA) is 20.2 Å². The summed E-state index contributed by atoms with van der Waals surface area (Å²) >= 11 is 0. The summed E-state index contributed by atoms with van der Waals surface area (Å²) in [6, 6.07) is 0. The molecule has 1 nitrogen and oxygen atoms in total. The molecule has 1 heteroatoms. The number of hydrogen-bond donors (Lipinski definition) is 1. The first-order valence-electron chi connectivity index (χ1n) is 11.3. The lowest BCUT2D eigenvalue weighted by molar-refractivity contribution is -0.0454. The number of aliphatic hydroxyl groups is 1. The van der Waals surface area contributed by atoms with Gasteiger partial charge in [0.15, 0.2) is 0 Å². The number of fused-ring (bicyclic) bond motifs is 5. The smallest absolute Gasteiger partial charge is 0.0577 e. The highest BCUT2D eigenvalue weighted by Gasteiger charge is 2.58. The quantitative estimate of drug-likeness (QED) is 0.558. The predicted molar refractivity (Wildman–Crippen MR) is 110 cm³/mol. The van der Waals surface area contributed by atoms with E-state index in [0.29, 0.717) is 16.7 Å². The number of allylic oxidation sites excluding steroid dienone is 3. The van der Waals surface area contributed by atoms with Gasteiger partial charge in [-0.15, -0.1) is 0 Å². The van der Waals surface area contributed by atoms with Crippen LogP contribution in [0.5, 0.6) is 0 Å². The minimum Gasteiger partial charge on any atom is -0.393 e. The van der Waals surface area contributed by atoms with Crippen molar-refractivity contribution in [3.05, 3.63) is 23.3 Å². The van der Waals surface area contributed by atoms with E-state index in [1.807, 2.05) is 0 Å². The van der Waals surface area contributed by atoms with Crippen LogP contribution in [0.25, 0.3) is 0 Å². The normalized spacial score (nSPS) is 48.7. The molecule has 0 aromatic heterocycles. The Morgan fingerprint density at radius 3 is 2.62 bits per heavy atom. The van der Waals surface area contributed by atoms with Crippen molar-refractivity contribution < 1.29 is 5.11 Å². The monoisotopic (exact) mass is 356 g/mol. The first kappa shape index (κ1) is 18.8. The maximum absolute atomic E-state index is 10.2. The van der Waals surface area contributed by atoms with Crippen molar-refractivity contribution in [2.45, 2.75) is 92.1 Å². The van der Waals surface area contributed by atoms with Crippen molar-refractivity contribution in [3.8, 4) is 0 Å². The van der Waals surface area contributed by atoms with E-state index in [4.69, 9.17) is 0 Å². The largest absolute Gasteiger partial charge is 0.393 e. The molecule has 3 fully saturated rings. The van der Waals surface area contributed by atoms with E-state index >= 15 is 0 Å².